The monoisotopic (exact) mass is 237 g/mol. The highest BCUT2D eigenvalue weighted by molar-refractivity contribution is 7.80. The smallest absolute Gasteiger partial charge is 0.252 e. The molecule has 16 heavy (non-hydrogen) atoms. The molecular weight excluding hydrogens is 218 g/mol. The lowest BCUT2D eigenvalue weighted by molar-refractivity contribution is 0.0906. The van der Waals surface area contributed by atoms with Crippen LogP contribution < -0.4 is 5.32 Å². The number of hydrogen-bond acceptors (Lipinski definition) is 2. The summed E-state index contributed by atoms with van der Waals surface area (Å²) in [6.07, 6.45) is 2.02. The predicted molar refractivity (Wildman–Crippen MR) is 70.1 cm³/mol. The molecule has 0 aliphatic carbocycles. The van der Waals surface area contributed by atoms with E-state index >= 15 is 0 Å². The van der Waals surface area contributed by atoms with Crippen molar-refractivity contribution < 1.29 is 4.79 Å². The van der Waals surface area contributed by atoms with Crippen LogP contribution in [-0.4, -0.2) is 11.4 Å². The Labute approximate surface area is 103 Å². The van der Waals surface area contributed by atoms with Crippen molar-refractivity contribution in [3.05, 3.63) is 29.8 Å². The molecule has 0 heterocycles. The van der Waals surface area contributed by atoms with Gasteiger partial charge < -0.3 is 5.32 Å². The Bertz CT molecular complexity index is 374. The molecule has 1 aromatic carbocycles. The summed E-state index contributed by atoms with van der Waals surface area (Å²) < 4.78 is 0. The first-order valence-electron chi connectivity index (χ1n) is 5.57. The maximum atomic E-state index is 12.0. The van der Waals surface area contributed by atoms with E-state index in [0.717, 1.165) is 12.8 Å². The van der Waals surface area contributed by atoms with E-state index in [1.54, 1.807) is 6.07 Å². The first-order chi connectivity index (χ1) is 7.46. The molecule has 1 N–H and O–H groups in total. The number of rotatable bonds is 4. The summed E-state index contributed by atoms with van der Waals surface area (Å²) in [6, 6.07) is 7.34. The van der Waals surface area contributed by atoms with Crippen LogP contribution in [0.15, 0.2) is 29.2 Å². The Hall–Kier alpha value is -0.960. The molecule has 88 valence electrons. The van der Waals surface area contributed by atoms with Crippen LogP contribution in [0.3, 0.4) is 0 Å². The molecule has 0 aliphatic rings. The van der Waals surface area contributed by atoms with Gasteiger partial charge in [0.2, 0.25) is 0 Å². The first kappa shape index (κ1) is 13.1. The summed E-state index contributed by atoms with van der Waals surface area (Å²) in [5.74, 6) is -0.0518. The summed E-state index contributed by atoms with van der Waals surface area (Å²) in [5.41, 5.74) is 0.469. The van der Waals surface area contributed by atoms with Gasteiger partial charge in [-0.2, -0.15) is 0 Å². The molecule has 0 atom stereocenters. The first-order valence-corrected chi connectivity index (χ1v) is 6.01. The van der Waals surface area contributed by atoms with Gasteiger partial charge in [0.1, 0.15) is 0 Å². The van der Waals surface area contributed by atoms with Crippen LogP contribution in [0.4, 0.5) is 0 Å². The van der Waals surface area contributed by atoms with Crippen molar-refractivity contribution in [3.63, 3.8) is 0 Å². The number of nitrogens with one attached hydrogen (secondary N) is 1. The number of hydrogen-bond donors (Lipinski definition) is 2. The third-order valence-corrected chi connectivity index (χ3v) is 2.87. The topological polar surface area (TPSA) is 29.1 Å². The van der Waals surface area contributed by atoms with E-state index in [-0.39, 0.29) is 11.4 Å². The quantitative estimate of drug-likeness (QED) is 0.773. The van der Waals surface area contributed by atoms with Gasteiger partial charge >= 0.3 is 0 Å². The SMILES string of the molecule is CCCC(C)(C)NC(=O)c1ccccc1S. The summed E-state index contributed by atoms with van der Waals surface area (Å²) in [6.45, 7) is 6.19. The Balaban J connectivity index is 2.77. The molecule has 3 heteroatoms. The minimum Gasteiger partial charge on any atom is -0.347 e. The Kier molecular flexibility index (Phi) is 4.42. The molecule has 1 amide bonds. The highest BCUT2D eigenvalue weighted by atomic mass is 32.1. The zero-order chi connectivity index (χ0) is 12.2. The van der Waals surface area contributed by atoms with Crippen molar-refractivity contribution in [2.24, 2.45) is 0 Å². The normalized spacial score (nSPS) is 11.2. The molecule has 2 nitrogen and oxygen atoms in total. The van der Waals surface area contributed by atoms with Gasteiger partial charge in [0.05, 0.1) is 5.56 Å². The fourth-order valence-corrected chi connectivity index (χ4v) is 1.99. The van der Waals surface area contributed by atoms with Crippen LogP contribution in [0.25, 0.3) is 0 Å². The van der Waals surface area contributed by atoms with Crippen LogP contribution in [-0.2, 0) is 0 Å². The van der Waals surface area contributed by atoms with Gasteiger partial charge in [0.25, 0.3) is 5.91 Å². The lowest BCUT2D eigenvalue weighted by atomic mass is 9.98. The summed E-state index contributed by atoms with van der Waals surface area (Å²) in [5, 5.41) is 3.03. The summed E-state index contributed by atoms with van der Waals surface area (Å²) in [7, 11) is 0. The highest BCUT2D eigenvalue weighted by Crippen LogP contribution is 2.16. The molecule has 0 saturated heterocycles. The lowest BCUT2D eigenvalue weighted by Gasteiger charge is -2.26. The minimum atomic E-state index is -0.165. The molecule has 1 aromatic rings. The minimum absolute atomic E-state index is 0.0518. The molecule has 0 aliphatic heterocycles. The van der Waals surface area contributed by atoms with Gasteiger partial charge in [-0.05, 0) is 32.4 Å². The molecule has 0 aromatic heterocycles. The van der Waals surface area contributed by atoms with Gasteiger partial charge in [-0.25, -0.2) is 0 Å². The number of carbonyl (C=O) groups is 1. The number of amides is 1. The van der Waals surface area contributed by atoms with Crippen LogP contribution in [0.1, 0.15) is 44.0 Å². The second kappa shape index (κ2) is 5.39. The Morgan fingerprint density at radius 3 is 2.56 bits per heavy atom. The van der Waals surface area contributed by atoms with Gasteiger partial charge in [-0.1, -0.05) is 25.5 Å². The van der Waals surface area contributed by atoms with Crippen LogP contribution >= 0.6 is 12.6 Å². The van der Waals surface area contributed by atoms with Crippen molar-refractivity contribution >= 4 is 18.5 Å². The standard InChI is InChI=1S/C13H19NOS/c1-4-9-13(2,3)14-12(15)10-7-5-6-8-11(10)16/h5-8,16H,4,9H2,1-3H3,(H,14,15). The van der Waals surface area contributed by atoms with E-state index in [1.165, 1.54) is 0 Å². The Morgan fingerprint density at radius 1 is 1.38 bits per heavy atom. The zero-order valence-electron chi connectivity index (χ0n) is 10.1. The zero-order valence-corrected chi connectivity index (χ0v) is 11.0. The molecule has 0 saturated carbocycles. The maximum absolute atomic E-state index is 12.0. The van der Waals surface area contributed by atoms with Crippen molar-refractivity contribution in [3.8, 4) is 0 Å². The van der Waals surface area contributed by atoms with E-state index in [0.29, 0.717) is 10.5 Å². The number of carbonyl (C=O) groups excluding carboxylic acids is 1. The van der Waals surface area contributed by atoms with Crippen molar-refractivity contribution in [1.82, 2.24) is 5.32 Å². The van der Waals surface area contributed by atoms with Gasteiger partial charge in [0.15, 0.2) is 0 Å². The average molecular weight is 237 g/mol. The second-order valence-corrected chi connectivity index (χ2v) is 5.09. The van der Waals surface area contributed by atoms with Gasteiger partial charge in [-0.3, -0.25) is 4.79 Å². The number of benzene rings is 1. The van der Waals surface area contributed by atoms with Crippen molar-refractivity contribution in [1.29, 1.82) is 0 Å². The largest absolute Gasteiger partial charge is 0.347 e. The van der Waals surface area contributed by atoms with E-state index in [1.807, 2.05) is 32.0 Å². The van der Waals surface area contributed by atoms with Crippen LogP contribution in [0.5, 0.6) is 0 Å². The number of thiol groups is 1. The third-order valence-electron chi connectivity index (χ3n) is 2.48. The maximum Gasteiger partial charge on any atom is 0.252 e. The molecule has 0 radical (unpaired) electrons. The van der Waals surface area contributed by atoms with E-state index in [9.17, 15) is 4.79 Å². The molecule has 0 unspecified atom stereocenters. The molecule has 0 bridgehead atoms. The van der Waals surface area contributed by atoms with E-state index < -0.39 is 0 Å². The van der Waals surface area contributed by atoms with Crippen LogP contribution in [0.2, 0.25) is 0 Å². The van der Waals surface area contributed by atoms with Crippen molar-refractivity contribution in [2.45, 2.75) is 44.0 Å². The Morgan fingerprint density at radius 2 is 2.00 bits per heavy atom. The highest BCUT2D eigenvalue weighted by Gasteiger charge is 2.20. The van der Waals surface area contributed by atoms with Gasteiger partial charge in [-0.15, -0.1) is 12.6 Å². The summed E-state index contributed by atoms with van der Waals surface area (Å²) in [4.78, 5) is 12.7. The molecule has 1 rings (SSSR count). The second-order valence-electron chi connectivity index (χ2n) is 4.61. The van der Waals surface area contributed by atoms with E-state index in [4.69, 9.17) is 0 Å². The lowest BCUT2D eigenvalue weighted by Crippen LogP contribution is -2.43. The predicted octanol–water partition coefficient (Wildman–Crippen LogP) is 3.28. The molecule has 0 fully saturated rings. The molecule has 0 spiro atoms. The average Bonchev–Trinajstić information content (AvgIpc) is 2.17. The summed E-state index contributed by atoms with van der Waals surface area (Å²) >= 11 is 4.28. The van der Waals surface area contributed by atoms with E-state index in [2.05, 4.69) is 24.9 Å². The third kappa shape index (κ3) is 3.56. The fraction of sp³-hybridized carbons (Fsp3) is 0.462. The molecular formula is C13H19NOS. The van der Waals surface area contributed by atoms with Crippen LogP contribution in [0, 0.1) is 0 Å². The van der Waals surface area contributed by atoms with Crippen molar-refractivity contribution in [2.75, 3.05) is 0 Å². The van der Waals surface area contributed by atoms with Gasteiger partial charge in [0, 0.05) is 10.4 Å². The fourth-order valence-electron chi connectivity index (χ4n) is 1.73.